The average molecular weight is 494 g/mol. The van der Waals surface area contributed by atoms with Crippen molar-refractivity contribution in [2.75, 3.05) is 50.8 Å². The van der Waals surface area contributed by atoms with Crippen molar-refractivity contribution >= 4 is 11.6 Å². The Labute approximate surface area is 215 Å². The van der Waals surface area contributed by atoms with E-state index >= 15 is 0 Å². The predicted molar refractivity (Wildman–Crippen MR) is 142 cm³/mol. The maximum Gasteiger partial charge on any atom is 0.225 e. The molecule has 2 aromatic carbocycles. The number of piperazine rings is 1. The van der Waals surface area contributed by atoms with Crippen molar-refractivity contribution in [1.29, 1.82) is 0 Å². The number of benzene rings is 2. The molecule has 1 aliphatic carbocycles. The van der Waals surface area contributed by atoms with Crippen LogP contribution < -0.4 is 9.64 Å². The van der Waals surface area contributed by atoms with Crippen molar-refractivity contribution in [3.63, 3.8) is 0 Å². The van der Waals surface area contributed by atoms with Gasteiger partial charge in [-0.25, -0.2) is 4.39 Å². The first-order valence-electron chi connectivity index (χ1n) is 13.9. The third kappa shape index (κ3) is 6.39. The van der Waals surface area contributed by atoms with Gasteiger partial charge in [-0.3, -0.25) is 9.69 Å². The second kappa shape index (κ2) is 12.1. The summed E-state index contributed by atoms with van der Waals surface area (Å²) in [6.07, 6.45) is 8.03. The lowest BCUT2D eigenvalue weighted by molar-refractivity contribution is -0.138. The largest absolute Gasteiger partial charge is 0.493 e. The number of anilines is 1. The second-order valence-corrected chi connectivity index (χ2v) is 10.8. The molecule has 0 N–H and O–H groups in total. The van der Waals surface area contributed by atoms with Gasteiger partial charge in [-0.2, -0.15) is 0 Å². The Bertz CT molecular complexity index is 1000. The minimum Gasteiger partial charge on any atom is -0.493 e. The van der Waals surface area contributed by atoms with Gasteiger partial charge >= 0.3 is 0 Å². The van der Waals surface area contributed by atoms with Crippen molar-refractivity contribution in [1.82, 2.24) is 9.80 Å². The number of nitrogens with zero attached hydrogens (tertiary/aromatic N) is 3. The van der Waals surface area contributed by atoms with Crippen LogP contribution in [0, 0.1) is 17.7 Å². The molecule has 5 nitrogen and oxygen atoms in total. The van der Waals surface area contributed by atoms with Gasteiger partial charge in [-0.15, -0.1) is 0 Å². The van der Waals surface area contributed by atoms with E-state index in [9.17, 15) is 9.18 Å². The lowest BCUT2D eigenvalue weighted by atomic mass is 9.87. The van der Waals surface area contributed by atoms with Crippen LogP contribution in [0.25, 0.3) is 0 Å². The number of para-hydroxylation sites is 1. The number of likely N-dealkylation sites (tertiary alicyclic amines) is 1. The molecule has 0 aromatic heterocycles. The molecule has 2 heterocycles. The Morgan fingerprint density at radius 3 is 2.50 bits per heavy atom. The van der Waals surface area contributed by atoms with Crippen molar-refractivity contribution < 1.29 is 13.9 Å². The molecular weight excluding hydrogens is 453 g/mol. The zero-order valence-electron chi connectivity index (χ0n) is 21.4. The summed E-state index contributed by atoms with van der Waals surface area (Å²) >= 11 is 0. The van der Waals surface area contributed by atoms with E-state index in [0.29, 0.717) is 24.1 Å². The van der Waals surface area contributed by atoms with Crippen molar-refractivity contribution in [2.24, 2.45) is 11.8 Å². The Morgan fingerprint density at radius 2 is 1.69 bits per heavy atom. The summed E-state index contributed by atoms with van der Waals surface area (Å²) in [4.78, 5) is 19.7. The number of ether oxygens (including phenoxy) is 1. The van der Waals surface area contributed by atoms with E-state index in [1.165, 1.54) is 30.9 Å². The molecule has 2 saturated heterocycles. The standard InChI is InChI=1S/C30H40FN3O2/c31-28-13-4-5-14-29(28)33-18-16-32(17-19-33)21-24-8-6-12-27(20-24)36-23-25-9-7-15-34(22-25)30(35)26-10-2-1-3-11-26/h4-6,8,12-14,20,25-26H,1-3,7,9-11,15-19,21-23H2. The maximum absolute atomic E-state index is 14.1. The van der Waals surface area contributed by atoms with Gasteiger partial charge < -0.3 is 14.5 Å². The Kier molecular flexibility index (Phi) is 8.42. The number of halogens is 1. The third-order valence-electron chi connectivity index (χ3n) is 8.14. The minimum absolute atomic E-state index is 0.143. The Balaban J connectivity index is 1.08. The van der Waals surface area contributed by atoms with Crippen molar-refractivity contribution in [2.45, 2.75) is 51.5 Å². The maximum atomic E-state index is 14.1. The summed E-state index contributed by atoms with van der Waals surface area (Å²) in [6, 6.07) is 15.4. The molecule has 1 atom stereocenters. The summed E-state index contributed by atoms with van der Waals surface area (Å²) in [7, 11) is 0. The first kappa shape index (κ1) is 25.1. The zero-order chi connectivity index (χ0) is 24.7. The number of hydrogen-bond donors (Lipinski definition) is 0. The number of piperidine rings is 1. The second-order valence-electron chi connectivity index (χ2n) is 10.8. The molecule has 2 aromatic rings. The third-order valence-corrected chi connectivity index (χ3v) is 8.14. The van der Waals surface area contributed by atoms with Crippen LogP contribution in [0.1, 0.15) is 50.5 Å². The Hall–Kier alpha value is -2.60. The van der Waals surface area contributed by atoms with E-state index in [1.54, 1.807) is 6.07 Å². The van der Waals surface area contributed by atoms with E-state index in [4.69, 9.17) is 4.74 Å². The van der Waals surface area contributed by atoms with Crippen LogP contribution in [0.2, 0.25) is 0 Å². The highest BCUT2D eigenvalue weighted by molar-refractivity contribution is 5.79. The van der Waals surface area contributed by atoms with Gasteiger partial charge in [0.15, 0.2) is 0 Å². The van der Waals surface area contributed by atoms with Crippen molar-refractivity contribution in [3.05, 3.63) is 59.9 Å². The number of carbonyl (C=O) groups excluding carboxylic acids is 1. The van der Waals surface area contributed by atoms with Crippen LogP contribution in [0.5, 0.6) is 5.75 Å². The normalized spacial score (nSPS) is 22.0. The molecule has 0 radical (unpaired) electrons. The summed E-state index contributed by atoms with van der Waals surface area (Å²) in [5.41, 5.74) is 1.94. The first-order valence-corrected chi connectivity index (χ1v) is 13.9. The smallest absolute Gasteiger partial charge is 0.225 e. The number of carbonyl (C=O) groups is 1. The molecule has 1 amide bonds. The topological polar surface area (TPSA) is 36.0 Å². The summed E-state index contributed by atoms with van der Waals surface area (Å²) in [5, 5.41) is 0. The zero-order valence-corrected chi connectivity index (χ0v) is 21.4. The van der Waals surface area contributed by atoms with Gasteiger partial charge in [0.2, 0.25) is 5.91 Å². The molecule has 0 bridgehead atoms. The van der Waals surface area contributed by atoms with Crippen LogP contribution in [-0.4, -0.2) is 61.6 Å². The highest BCUT2D eigenvalue weighted by atomic mass is 19.1. The van der Waals surface area contributed by atoms with Crippen LogP contribution in [0.15, 0.2) is 48.5 Å². The van der Waals surface area contributed by atoms with Crippen LogP contribution in [-0.2, 0) is 11.3 Å². The number of rotatable bonds is 7. The fourth-order valence-electron chi connectivity index (χ4n) is 6.07. The van der Waals surface area contributed by atoms with Gasteiger partial charge in [0, 0.05) is 57.6 Å². The van der Waals surface area contributed by atoms with Gasteiger partial charge in [0.25, 0.3) is 0 Å². The number of hydrogen-bond acceptors (Lipinski definition) is 4. The fraction of sp³-hybridized carbons (Fsp3) is 0.567. The van der Waals surface area contributed by atoms with Crippen LogP contribution >= 0.6 is 0 Å². The predicted octanol–water partition coefficient (Wildman–Crippen LogP) is 5.35. The quantitative estimate of drug-likeness (QED) is 0.521. The van der Waals surface area contributed by atoms with Gasteiger partial charge in [0.05, 0.1) is 12.3 Å². The molecular formula is C30H40FN3O2. The molecule has 1 unspecified atom stereocenters. The lowest BCUT2D eigenvalue weighted by Crippen LogP contribution is -2.46. The summed E-state index contributed by atoms with van der Waals surface area (Å²) in [5.74, 6) is 1.81. The van der Waals surface area contributed by atoms with E-state index in [2.05, 4.69) is 32.9 Å². The molecule has 6 heteroatoms. The molecule has 3 aliphatic rings. The van der Waals surface area contributed by atoms with Crippen LogP contribution in [0.3, 0.4) is 0 Å². The molecule has 3 fully saturated rings. The molecule has 5 rings (SSSR count). The van der Waals surface area contributed by atoms with Crippen molar-refractivity contribution in [3.8, 4) is 5.75 Å². The molecule has 0 spiro atoms. The lowest BCUT2D eigenvalue weighted by Gasteiger charge is -2.36. The number of amides is 1. The van der Waals surface area contributed by atoms with E-state index in [-0.39, 0.29) is 11.7 Å². The van der Waals surface area contributed by atoms with Gasteiger partial charge in [-0.1, -0.05) is 43.5 Å². The molecule has 194 valence electrons. The van der Waals surface area contributed by atoms with Gasteiger partial charge in [0.1, 0.15) is 11.6 Å². The highest BCUT2D eigenvalue weighted by Crippen LogP contribution is 2.28. The minimum atomic E-state index is -0.143. The highest BCUT2D eigenvalue weighted by Gasteiger charge is 2.30. The molecule has 1 saturated carbocycles. The monoisotopic (exact) mass is 493 g/mol. The molecule has 36 heavy (non-hydrogen) atoms. The van der Waals surface area contributed by atoms with E-state index in [0.717, 1.165) is 77.2 Å². The van der Waals surface area contributed by atoms with Crippen LogP contribution in [0.4, 0.5) is 10.1 Å². The Morgan fingerprint density at radius 1 is 0.889 bits per heavy atom. The fourth-order valence-corrected chi connectivity index (χ4v) is 6.07. The van der Waals surface area contributed by atoms with E-state index in [1.807, 2.05) is 18.2 Å². The molecule has 2 aliphatic heterocycles. The summed E-state index contributed by atoms with van der Waals surface area (Å²) in [6.45, 7) is 6.75. The van der Waals surface area contributed by atoms with E-state index < -0.39 is 0 Å². The average Bonchev–Trinajstić information content (AvgIpc) is 2.93. The SMILES string of the molecule is O=C(C1CCCCC1)N1CCCC(COc2cccc(CN3CCN(c4ccccc4F)CC3)c2)C1. The van der Waals surface area contributed by atoms with Gasteiger partial charge in [-0.05, 0) is 55.5 Å². The first-order chi connectivity index (χ1) is 17.7. The summed E-state index contributed by atoms with van der Waals surface area (Å²) < 4.78 is 20.4.